The fourth-order valence-corrected chi connectivity index (χ4v) is 9.07. The predicted molar refractivity (Wildman–Crippen MR) is 225 cm³/mol. The van der Waals surface area contributed by atoms with Gasteiger partial charge in [0.05, 0.1) is 28.7 Å². The second kappa shape index (κ2) is 17.5. The highest BCUT2D eigenvalue weighted by Crippen LogP contribution is 2.50. The second-order valence-electron chi connectivity index (χ2n) is 17.9. The lowest BCUT2D eigenvalue weighted by Crippen LogP contribution is -2.43. The largest absolute Gasteiger partial charge is 0.507 e. The number of esters is 1. The highest BCUT2D eigenvalue weighted by molar-refractivity contribution is 6.19. The number of carbonyl (C=O) groups excluding carboxylic acids is 4. The van der Waals surface area contributed by atoms with E-state index in [-0.39, 0.29) is 67.6 Å². The molecule has 5 bridgehead atoms. The third kappa shape index (κ3) is 8.58. The monoisotopic (exact) mass is 828 g/mol. The van der Waals surface area contributed by atoms with E-state index in [1.165, 1.54) is 13.2 Å². The van der Waals surface area contributed by atoms with Crippen LogP contribution in [0.25, 0.3) is 10.8 Å². The number of Topliss-reactive ketones (excluding diaryl/α,β-unsaturated/α-hetero) is 1. The number of allylic oxidation sites excluding steroid dienone is 4. The molecule has 324 valence electrons. The molecule has 1 amide bonds. The third-order valence-electron chi connectivity index (χ3n) is 12.4. The number of anilines is 1. The summed E-state index contributed by atoms with van der Waals surface area (Å²) in [5.74, 6) is -5.04. The van der Waals surface area contributed by atoms with Crippen molar-refractivity contribution in [3.8, 4) is 17.2 Å². The topological polar surface area (TPSA) is 197 Å². The molecule has 14 heteroatoms. The summed E-state index contributed by atoms with van der Waals surface area (Å²) >= 11 is 0. The van der Waals surface area contributed by atoms with E-state index in [1.807, 2.05) is 33.8 Å². The Labute approximate surface area is 351 Å². The Bertz CT molecular complexity index is 2270. The van der Waals surface area contributed by atoms with Gasteiger partial charge in [0.15, 0.2) is 11.4 Å². The molecular weight excluding hydrogens is 769 g/mol. The average molecular weight is 829 g/mol. The van der Waals surface area contributed by atoms with Crippen molar-refractivity contribution in [3.63, 3.8) is 0 Å². The van der Waals surface area contributed by atoms with E-state index in [0.717, 1.165) is 19.6 Å². The van der Waals surface area contributed by atoms with Crippen LogP contribution in [-0.4, -0.2) is 87.5 Å². The normalized spacial score (nSPS) is 30.4. The Morgan fingerprint density at radius 3 is 2.40 bits per heavy atom. The maximum Gasteiger partial charge on any atom is 0.313 e. The van der Waals surface area contributed by atoms with Gasteiger partial charge in [0.25, 0.3) is 11.7 Å². The van der Waals surface area contributed by atoms with E-state index in [0.29, 0.717) is 43.5 Å². The minimum absolute atomic E-state index is 0.0107. The Morgan fingerprint density at radius 1 is 1.05 bits per heavy atom. The van der Waals surface area contributed by atoms with Gasteiger partial charge >= 0.3 is 11.8 Å². The molecule has 14 nitrogen and oxygen atoms in total. The number of ketones is 1. The standard InChI is InChI=1S/C46H60N4O10/c1-24(2)23-50-18-16-46(17-19-50)48-35-32-33-39(54)30(8)42-34(32)43(56)45(9,60-42)58-21-11-14-26(4)41(59-31(52)15-20-51)29(7)38(53)28(6)22-25(3)12-10-13-27(5)44(57)47-37(40(33)55)36(35)49-46/h10-13,20-21,24-26,28-29,38,41,53-55H,14-19,22-23H2,1-9H3,(H,47,57)/b12-10+,21-11+,27-13-/t25?,26-,28-,29-,38?,41?,45?/m1/s1. The first-order valence-corrected chi connectivity index (χ1v) is 21.1. The first-order valence-electron chi connectivity index (χ1n) is 21.1. The smallest absolute Gasteiger partial charge is 0.313 e. The molecule has 1 fully saturated rings. The number of aliphatic hydroxyl groups excluding tert-OH is 1. The zero-order chi connectivity index (χ0) is 43.8. The van der Waals surface area contributed by atoms with E-state index in [1.54, 1.807) is 32.1 Å². The molecule has 4 unspecified atom stereocenters. The second-order valence-corrected chi connectivity index (χ2v) is 17.9. The van der Waals surface area contributed by atoms with Gasteiger partial charge in [0.1, 0.15) is 41.4 Å². The van der Waals surface area contributed by atoms with Crippen LogP contribution < -0.4 is 20.8 Å². The number of ether oxygens (including phenoxy) is 3. The molecule has 5 heterocycles. The summed E-state index contributed by atoms with van der Waals surface area (Å²) in [7, 11) is 0. The molecule has 2 aromatic carbocycles. The van der Waals surface area contributed by atoms with Crippen LogP contribution in [0.1, 0.15) is 103 Å². The molecular formula is C46H60N4O10. The fourth-order valence-electron chi connectivity index (χ4n) is 9.07. The minimum atomic E-state index is -1.90. The number of amides is 1. The number of aromatic hydroxyl groups is 2. The maximum atomic E-state index is 14.6. The Kier molecular flexibility index (Phi) is 13.0. The van der Waals surface area contributed by atoms with Crippen LogP contribution in [0, 0.1) is 36.5 Å². The lowest BCUT2D eigenvalue weighted by Gasteiger charge is -2.36. The van der Waals surface area contributed by atoms with Gasteiger partial charge < -0.3 is 44.5 Å². The van der Waals surface area contributed by atoms with Gasteiger partial charge in [-0.1, -0.05) is 59.8 Å². The molecule has 0 aliphatic carbocycles. The number of nitrogens with zero attached hydrogens (tertiary/aromatic N) is 3. The summed E-state index contributed by atoms with van der Waals surface area (Å²) in [6.07, 6.45) is 8.80. The van der Waals surface area contributed by atoms with Gasteiger partial charge in [0.2, 0.25) is 0 Å². The van der Waals surface area contributed by atoms with Crippen molar-refractivity contribution in [3.05, 3.63) is 58.0 Å². The summed E-state index contributed by atoms with van der Waals surface area (Å²) in [5.41, 5.74) is -0.386. The van der Waals surface area contributed by atoms with Crippen molar-refractivity contribution in [1.29, 1.82) is 0 Å². The van der Waals surface area contributed by atoms with Crippen LogP contribution in [0.5, 0.6) is 17.2 Å². The van der Waals surface area contributed by atoms with Crippen molar-refractivity contribution in [2.24, 2.45) is 39.6 Å². The number of benzene rings is 2. The molecule has 60 heavy (non-hydrogen) atoms. The molecule has 2 aromatic rings. The number of phenolic OH excluding ortho intramolecular Hbond substituents is 2. The number of fused-ring (bicyclic) bond motifs is 13. The zero-order valence-corrected chi connectivity index (χ0v) is 36.2. The van der Waals surface area contributed by atoms with Gasteiger partial charge in [-0.25, -0.2) is 0 Å². The van der Waals surface area contributed by atoms with Crippen LogP contribution >= 0.6 is 0 Å². The number of hydrogen-bond donors (Lipinski definition) is 4. The van der Waals surface area contributed by atoms with E-state index in [2.05, 4.69) is 24.1 Å². The van der Waals surface area contributed by atoms with Crippen molar-refractivity contribution in [1.82, 2.24) is 4.90 Å². The highest BCUT2D eigenvalue weighted by atomic mass is 16.7. The highest BCUT2D eigenvalue weighted by Gasteiger charge is 2.50. The lowest BCUT2D eigenvalue weighted by molar-refractivity contribution is -0.158. The summed E-state index contributed by atoms with van der Waals surface area (Å²) in [4.78, 5) is 64.9. The number of rotatable bonds is 5. The Balaban J connectivity index is 1.49. The number of carbonyl (C=O) groups is 4. The van der Waals surface area contributed by atoms with Crippen LogP contribution in [0.3, 0.4) is 0 Å². The van der Waals surface area contributed by atoms with Crippen molar-refractivity contribution < 1.29 is 48.7 Å². The van der Waals surface area contributed by atoms with Crippen LogP contribution in [0.15, 0.2) is 46.1 Å². The summed E-state index contributed by atoms with van der Waals surface area (Å²) in [6.45, 7) is 19.0. The quantitative estimate of drug-likeness (QED) is 0.125. The molecule has 0 saturated carbocycles. The fraction of sp³-hybridized carbons (Fsp3) is 0.565. The van der Waals surface area contributed by atoms with Gasteiger partial charge in [-0.15, -0.1) is 0 Å². The summed E-state index contributed by atoms with van der Waals surface area (Å²) < 4.78 is 18.1. The molecule has 5 aliphatic heterocycles. The molecule has 1 spiro atoms. The maximum absolute atomic E-state index is 14.6. The predicted octanol–water partition coefficient (Wildman–Crippen LogP) is 5.72. The number of hydrogen-bond acceptors (Lipinski definition) is 13. The van der Waals surface area contributed by atoms with Gasteiger partial charge in [-0.2, -0.15) is 0 Å². The molecule has 0 aromatic heterocycles. The molecule has 5 aliphatic rings. The van der Waals surface area contributed by atoms with Crippen molar-refractivity contribution in [2.75, 3.05) is 25.0 Å². The summed E-state index contributed by atoms with van der Waals surface area (Å²) in [5, 5.41) is 38.8. The first-order chi connectivity index (χ1) is 28.3. The molecule has 7 atom stereocenters. The minimum Gasteiger partial charge on any atom is -0.507 e. The number of nitrogens with one attached hydrogen (secondary N) is 1. The molecule has 0 radical (unpaired) electrons. The Morgan fingerprint density at radius 2 is 1.73 bits per heavy atom. The first kappa shape index (κ1) is 44.5. The van der Waals surface area contributed by atoms with Crippen LogP contribution in [-0.2, 0) is 23.9 Å². The van der Waals surface area contributed by atoms with Crippen LogP contribution in [0.4, 0.5) is 5.69 Å². The number of aldehydes is 1. The number of aliphatic hydroxyl groups is 1. The van der Waals surface area contributed by atoms with Gasteiger partial charge in [-0.05, 0) is 56.4 Å². The van der Waals surface area contributed by atoms with E-state index in [4.69, 9.17) is 24.2 Å². The Hall–Kier alpha value is -5.08. The number of piperidine rings is 1. The lowest BCUT2D eigenvalue weighted by atomic mass is 9.80. The van der Waals surface area contributed by atoms with E-state index < -0.39 is 59.4 Å². The molecule has 1 saturated heterocycles. The number of likely N-dealkylation sites (tertiary alicyclic amines) is 1. The van der Waals surface area contributed by atoms with Gasteiger partial charge in [-0.3, -0.25) is 24.4 Å². The van der Waals surface area contributed by atoms with Crippen molar-refractivity contribution in [2.45, 2.75) is 118 Å². The molecule has 4 N–H and O–H groups in total. The third-order valence-corrected chi connectivity index (χ3v) is 12.4. The van der Waals surface area contributed by atoms with Crippen molar-refractivity contribution >= 4 is 40.4 Å². The van der Waals surface area contributed by atoms with Crippen LogP contribution in [0.2, 0.25) is 0 Å². The SMILES string of the molecule is C/C1=C/C=C/C(C)C[C@@H](C)C(O)[C@@H](C)C(OC(=O)CC=O)[C@H](C)C/C=C/OC2(C)Oc3c(C)c(O)c4c(O)c(c5c(c4c3C2=O)=NC2(CCN(CC(C)C)CC2)N=5)NC1=O. The molecule has 7 rings (SSSR count). The average Bonchev–Trinajstić information content (AvgIpc) is 3.69. The zero-order valence-electron chi connectivity index (χ0n) is 36.2. The van der Waals surface area contributed by atoms with E-state index in [9.17, 15) is 34.5 Å². The van der Waals surface area contributed by atoms with E-state index >= 15 is 0 Å². The summed E-state index contributed by atoms with van der Waals surface area (Å²) in [6, 6.07) is 0. The van der Waals surface area contributed by atoms with Gasteiger partial charge in [0, 0.05) is 61.8 Å². The number of phenols is 2.